The van der Waals surface area contributed by atoms with E-state index >= 15 is 0 Å². The van der Waals surface area contributed by atoms with Gasteiger partial charge in [-0.2, -0.15) is 13.2 Å². The predicted molar refractivity (Wildman–Crippen MR) is 111 cm³/mol. The monoisotopic (exact) mass is 458 g/mol. The Balaban J connectivity index is 1.53. The molecule has 1 atom stereocenters. The summed E-state index contributed by atoms with van der Waals surface area (Å²) < 4.78 is 43.6. The van der Waals surface area contributed by atoms with Gasteiger partial charge in [-0.1, -0.05) is 0 Å². The lowest BCUT2D eigenvalue weighted by Crippen LogP contribution is -2.47. The van der Waals surface area contributed by atoms with Gasteiger partial charge >= 0.3 is 6.18 Å². The SMILES string of the molecule is Cc1ccc(-c2ncccn2)c(C(=O)N2CCCCC2COc2cnc(C(F)(F)F)cn2)n1. The van der Waals surface area contributed by atoms with Gasteiger partial charge in [0.25, 0.3) is 5.91 Å². The summed E-state index contributed by atoms with van der Waals surface area (Å²) >= 11 is 0. The maximum atomic E-state index is 13.5. The molecule has 11 heteroatoms. The number of piperidine rings is 1. The van der Waals surface area contributed by atoms with Crippen molar-refractivity contribution in [2.24, 2.45) is 0 Å². The topological polar surface area (TPSA) is 94.0 Å². The zero-order chi connectivity index (χ0) is 23.4. The number of carbonyl (C=O) groups excluding carboxylic acids is 1. The van der Waals surface area contributed by atoms with Crippen molar-refractivity contribution in [3.63, 3.8) is 0 Å². The Morgan fingerprint density at radius 3 is 2.61 bits per heavy atom. The fourth-order valence-electron chi connectivity index (χ4n) is 3.63. The van der Waals surface area contributed by atoms with E-state index in [2.05, 4.69) is 24.9 Å². The molecule has 0 bridgehead atoms. The average Bonchev–Trinajstić information content (AvgIpc) is 2.82. The molecule has 1 amide bonds. The molecule has 1 saturated heterocycles. The molecule has 1 aliphatic heterocycles. The number of hydrogen-bond acceptors (Lipinski definition) is 7. The molecular weight excluding hydrogens is 437 g/mol. The van der Waals surface area contributed by atoms with Crippen LogP contribution in [0.15, 0.2) is 43.0 Å². The maximum absolute atomic E-state index is 13.5. The van der Waals surface area contributed by atoms with Crippen molar-refractivity contribution >= 4 is 5.91 Å². The van der Waals surface area contributed by atoms with E-state index in [1.165, 1.54) is 0 Å². The van der Waals surface area contributed by atoms with Crippen molar-refractivity contribution in [1.82, 2.24) is 29.8 Å². The number of alkyl halides is 3. The van der Waals surface area contributed by atoms with Crippen LogP contribution in [0.2, 0.25) is 0 Å². The summed E-state index contributed by atoms with van der Waals surface area (Å²) in [5.41, 5.74) is 0.376. The first kappa shape index (κ1) is 22.6. The van der Waals surface area contributed by atoms with Crippen molar-refractivity contribution in [3.8, 4) is 17.3 Å². The molecular formula is C22H21F3N6O2. The number of amides is 1. The Labute approximate surface area is 187 Å². The molecule has 3 aromatic rings. The van der Waals surface area contributed by atoms with Crippen LogP contribution in [0.25, 0.3) is 11.4 Å². The summed E-state index contributed by atoms with van der Waals surface area (Å²) in [5.74, 6) is 0.0965. The Hall–Kier alpha value is -3.63. The Bertz CT molecular complexity index is 1110. The van der Waals surface area contributed by atoms with Crippen LogP contribution < -0.4 is 4.74 Å². The summed E-state index contributed by atoms with van der Waals surface area (Å²) in [4.78, 5) is 35.2. The first-order chi connectivity index (χ1) is 15.8. The van der Waals surface area contributed by atoms with Gasteiger partial charge in [0, 0.05) is 24.6 Å². The normalized spacial score (nSPS) is 16.5. The standard InChI is InChI=1S/C22H21F3N6O2/c1-14-6-7-16(20-26-8-4-9-27-20)19(30-14)21(32)31-10-3-2-5-15(31)13-33-18-12-28-17(11-29-18)22(23,24)25/h4,6-9,11-12,15H,2-3,5,10,13H2,1H3. The largest absolute Gasteiger partial charge is 0.474 e. The van der Waals surface area contributed by atoms with E-state index in [-0.39, 0.29) is 30.1 Å². The summed E-state index contributed by atoms with van der Waals surface area (Å²) in [7, 11) is 0. The van der Waals surface area contributed by atoms with E-state index in [1.807, 2.05) is 0 Å². The minimum absolute atomic E-state index is 0.0342. The van der Waals surface area contributed by atoms with Crippen molar-refractivity contribution < 1.29 is 22.7 Å². The highest BCUT2D eigenvalue weighted by atomic mass is 19.4. The number of aromatic nitrogens is 5. The van der Waals surface area contributed by atoms with Gasteiger partial charge in [-0.25, -0.2) is 24.9 Å². The number of halogens is 3. The average molecular weight is 458 g/mol. The molecule has 1 unspecified atom stereocenters. The summed E-state index contributed by atoms with van der Waals surface area (Å²) in [6.45, 7) is 2.39. The molecule has 0 N–H and O–H groups in total. The number of aryl methyl sites for hydroxylation is 1. The van der Waals surface area contributed by atoms with Crippen LogP contribution >= 0.6 is 0 Å². The van der Waals surface area contributed by atoms with Gasteiger partial charge in [-0.05, 0) is 44.4 Å². The molecule has 8 nitrogen and oxygen atoms in total. The minimum atomic E-state index is -4.57. The second kappa shape index (κ2) is 9.47. The number of likely N-dealkylation sites (tertiary alicyclic amines) is 1. The predicted octanol–water partition coefficient (Wildman–Crippen LogP) is 3.73. The number of rotatable bonds is 5. The highest BCUT2D eigenvalue weighted by molar-refractivity contribution is 5.98. The number of ether oxygens (including phenoxy) is 1. The number of carbonyl (C=O) groups is 1. The van der Waals surface area contributed by atoms with Crippen LogP contribution in [-0.4, -0.2) is 54.9 Å². The Kier molecular flexibility index (Phi) is 6.47. The third-order valence-electron chi connectivity index (χ3n) is 5.27. The highest BCUT2D eigenvalue weighted by Gasteiger charge is 2.33. The smallest absolute Gasteiger partial charge is 0.434 e. The van der Waals surface area contributed by atoms with Crippen LogP contribution in [0.5, 0.6) is 5.88 Å². The number of hydrogen-bond donors (Lipinski definition) is 0. The molecule has 0 radical (unpaired) electrons. The first-order valence-electron chi connectivity index (χ1n) is 10.4. The van der Waals surface area contributed by atoms with Gasteiger partial charge in [0.2, 0.25) is 5.88 Å². The van der Waals surface area contributed by atoms with Crippen LogP contribution in [0.3, 0.4) is 0 Å². The molecule has 0 aliphatic carbocycles. The minimum Gasteiger partial charge on any atom is -0.474 e. The molecule has 1 fully saturated rings. The second-order valence-electron chi connectivity index (χ2n) is 7.62. The van der Waals surface area contributed by atoms with Crippen LogP contribution in [0, 0.1) is 6.92 Å². The fourth-order valence-corrected chi connectivity index (χ4v) is 3.63. The molecule has 1 aliphatic rings. The lowest BCUT2D eigenvalue weighted by atomic mass is 10.0. The van der Waals surface area contributed by atoms with Crippen molar-refractivity contribution in [2.45, 2.75) is 38.4 Å². The first-order valence-corrected chi connectivity index (χ1v) is 10.4. The van der Waals surface area contributed by atoms with E-state index < -0.39 is 11.9 Å². The molecule has 4 heterocycles. The second-order valence-corrected chi connectivity index (χ2v) is 7.62. The zero-order valence-corrected chi connectivity index (χ0v) is 17.8. The van der Waals surface area contributed by atoms with Gasteiger partial charge in [0.15, 0.2) is 11.5 Å². The molecule has 0 spiro atoms. The van der Waals surface area contributed by atoms with Gasteiger partial charge in [0.05, 0.1) is 24.0 Å². The summed E-state index contributed by atoms with van der Waals surface area (Å²) in [6, 6.07) is 4.97. The fraction of sp³-hybridized carbons (Fsp3) is 0.364. The summed E-state index contributed by atoms with van der Waals surface area (Å²) in [6.07, 6.45) is 2.59. The van der Waals surface area contributed by atoms with E-state index in [9.17, 15) is 18.0 Å². The quantitative estimate of drug-likeness (QED) is 0.575. The van der Waals surface area contributed by atoms with E-state index in [0.717, 1.165) is 19.0 Å². The van der Waals surface area contributed by atoms with Crippen molar-refractivity contribution in [1.29, 1.82) is 0 Å². The zero-order valence-electron chi connectivity index (χ0n) is 17.8. The number of pyridine rings is 1. The van der Waals surface area contributed by atoms with Crippen molar-refractivity contribution in [3.05, 3.63) is 60.1 Å². The van der Waals surface area contributed by atoms with E-state index in [4.69, 9.17) is 4.74 Å². The molecule has 0 aromatic carbocycles. The molecule has 172 valence electrons. The van der Waals surface area contributed by atoms with E-state index in [1.54, 1.807) is 42.4 Å². The van der Waals surface area contributed by atoms with Gasteiger partial charge in [-0.3, -0.25) is 4.79 Å². The van der Waals surface area contributed by atoms with E-state index in [0.29, 0.717) is 36.2 Å². The van der Waals surface area contributed by atoms with Crippen LogP contribution in [0.4, 0.5) is 13.2 Å². The molecule has 0 saturated carbocycles. The number of nitrogens with zero attached hydrogens (tertiary/aromatic N) is 6. The molecule has 3 aromatic heterocycles. The van der Waals surface area contributed by atoms with Gasteiger partial charge in [0.1, 0.15) is 12.3 Å². The van der Waals surface area contributed by atoms with Crippen LogP contribution in [0.1, 0.15) is 41.1 Å². The maximum Gasteiger partial charge on any atom is 0.434 e. The lowest BCUT2D eigenvalue weighted by Gasteiger charge is -2.35. The Morgan fingerprint density at radius 1 is 1.12 bits per heavy atom. The molecule has 33 heavy (non-hydrogen) atoms. The summed E-state index contributed by atoms with van der Waals surface area (Å²) in [5, 5.41) is 0. The van der Waals surface area contributed by atoms with Gasteiger partial charge in [-0.15, -0.1) is 0 Å². The molecule has 4 rings (SSSR count). The highest BCUT2D eigenvalue weighted by Crippen LogP contribution is 2.28. The lowest BCUT2D eigenvalue weighted by molar-refractivity contribution is -0.141. The van der Waals surface area contributed by atoms with Gasteiger partial charge < -0.3 is 9.64 Å². The van der Waals surface area contributed by atoms with Crippen molar-refractivity contribution in [2.75, 3.05) is 13.2 Å². The third-order valence-corrected chi connectivity index (χ3v) is 5.27. The van der Waals surface area contributed by atoms with Crippen LogP contribution in [-0.2, 0) is 6.18 Å². The third kappa shape index (κ3) is 5.24. The Morgan fingerprint density at radius 2 is 1.91 bits per heavy atom.